The Kier molecular flexibility index (Phi) is 8.29. The Morgan fingerprint density at radius 3 is 2.28 bits per heavy atom. The third-order valence-corrected chi connectivity index (χ3v) is 9.92. The Morgan fingerprint density at radius 2 is 1.64 bits per heavy atom. The number of nitrogens with zero attached hydrogens (tertiary/aromatic N) is 2. The van der Waals surface area contributed by atoms with Crippen LogP contribution in [0.25, 0.3) is 0 Å². The molecule has 1 N–H and O–H groups in total. The molecule has 194 valence electrons. The Morgan fingerprint density at radius 1 is 0.972 bits per heavy atom. The molecular weight excluding hydrogens is 498 g/mol. The van der Waals surface area contributed by atoms with Crippen LogP contribution >= 0.6 is 0 Å². The highest BCUT2D eigenvalue weighted by molar-refractivity contribution is 7.92. The normalized spacial score (nSPS) is 19.9. The van der Waals surface area contributed by atoms with Gasteiger partial charge in [0.15, 0.2) is 0 Å². The van der Waals surface area contributed by atoms with E-state index in [0.29, 0.717) is 25.8 Å². The van der Waals surface area contributed by atoms with Gasteiger partial charge < -0.3 is 4.90 Å². The number of sulfonamides is 2. The van der Waals surface area contributed by atoms with Gasteiger partial charge in [0, 0.05) is 37.6 Å². The van der Waals surface area contributed by atoms with Crippen molar-refractivity contribution in [2.75, 3.05) is 26.2 Å². The molecule has 2 fully saturated rings. The van der Waals surface area contributed by atoms with E-state index in [1.165, 1.54) is 4.31 Å². The van der Waals surface area contributed by atoms with Crippen molar-refractivity contribution in [3.63, 3.8) is 0 Å². The Hall–Kier alpha value is -2.53. The molecule has 1 unspecified atom stereocenters. The summed E-state index contributed by atoms with van der Waals surface area (Å²) >= 11 is 0. The maximum atomic E-state index is 13.4. The Bertz CT molecular complexity index is 1270. The molecule has 2 aromatic rings. The lowest BCUT2D eigenvalue weighted by molar-refractivity contribution is -0.131. The topological polar surface area (TPSA) is 104 Å². The van der Waals surface area contributed by atoms with Crippen molar-refractivity contribution in [1.29, 1.82) is 0 Å². The van der Waals surface area contributed by atoms with Crippen LogP contribution < -0.4 is 4.72 Å². The SMILES string of the molecule is C=CS(=O)(=O)NC[C@H]1CCCN1S(=O)(=O)c1ccc(C(Cc2ccccc2)C(=O)N2CCCC2)cc1. The maximum absolute atomic E-state index is 13.4. The number of likely N-dealkylation sites (tertiary alicyclic amines) is 1. The van der Waals surface area contributed by atoms with Gasteiger partial charge in [-0.1, -0.05) is 49.0 Å². The van der Waals surface area contributed by atoms with Crippen LogP contribution in [0, 0.1) is 0 Å². The summed E-state index contributed by atoms with van der Waals surface area (Å²) in [6.45, 7) is 5.10. The zero-order chi connectivity index (χ0) is 25.8. The fraction of sp³-hybridized carbons (Fsp3) is 0.423. The average molecular weight is 532 g/mol. The molecule has 2 aliphatic heterocycles. The van der Waals surface area contributed by atoms with E-state index >= 15 is 0 Å². The third kappa shape index (κ3) is 6.05. The van der Waals surface area contributed by atoms with Gasteiger partial charge >= 0.3 is 0 Å². The molecule has 2 aliphatic rings. The molecule has 0 radical (unpaired) electrons. The summed E-state index contributed by atoms with van der Waals surface area (Å²) in [4.78, 5) is 15.4. The van der Waals surface area contributed by atoms with E-state index in [0.717, 1.165) is 42.5 Å². The number of carbonyl (C=O) groups excluding carboxylic acids is 1. The van der Waals surface area contributed by atoms with E-state index in [1.807, 2.05) is 35.2 Å². The maximum Gasteiger partial charge on any atom is 0.243 e. The van der Waals surface area contributed by atoms with Gasteiger partial charge in [-0.25, -0.2) is 21.6 Å². The number of benzene rings is 2. The van der Waals surface area contributed by atoms with E-state index in [-0.39, 0.29) is 17.3 Å². The number of hydrogen-bond acceptors (Lipinski definition) is 5. The molecule has 4 rings (SSSR count). The predicted molar refractivity (Wildman–Crippen MR) is 139 cm³/mol. The van der Waals surface area contributed by atoms with Crippen LogP contribution in [-0.4, -0.2) is 64.2 Å². The van der Waals surface area contributed by atoms with Gasteiger partial charge in [0.25, 0.3) is 0 Å². The van der Waals surface area contributed by atoms with Gasteiger partial charge in [-0.3, -0.25) is 4.79 Å². The lowest BCUT2D eigenvalue weighted by Crippen LogP contribution is -2.42. The van der Waals surface area contributed by atoms with Crippen LogP contribution in [0.3, 0.4) is 0 Å². The van der Waals surface area contributed by atoms with Gasteiger partial charge in [-0.15, -0.1) is 0 Å². The van der Waals surface area contributed by atoms with Gasteiger partial charge in [-0.05, 0) is 55.4 Å². The lowest BCUT2D eigenvalue weighted by atomic mass is 9.90. The fourth-order valence-electron chi connectivity index (χ4n) is 4.96. The quantitative estimate of drug-likeness (QED) is 0.508. The van der Waals surface area contributed by atoms with Crippen LogP contribution in [0.4, 0.5) is 0 Å². The van der Waals surface area contributed by atoms with Crippen LogP contribution in [0.15, 0.2) is 71.5 Å². The number of amides is 1. The molecule has 10 heteroatoms. The standard InChI is InChI=1S/C26H33N3O5S2/c1-2-35(31,32)27-20-23-11-8-18-29(23)36(33,34)24-14-12-22(13-15-24)25(19-21-9-4-3-5-10-21)26(30)28-16-6-7-17-28/h2-5,9-10,12-15,23,25,27H,1,6-8,11,16-20H2/t23-,25?/m1/s1. The first-order valence-electron chi connectivity index (χ1n) is 12.3. The molecule has 2 atom stereocenters. The average Bonchev–Trinajstić information content (AvgIpc) is 3.59. The van der Waals surface area contributed by atoms with Crippen molar-refractivity contribution < 1.29 is 21.6 Å². The molecule has 0 spiro atoms. The third-order valence-electron chi connectivity index (χ3n) is 6.95. The molecule has 0 bridgehead atoms. The van der Waals surface area contributed by atoms with Crippen molar-refractivity contribution in [3.05, 3.63) is 77.7 Å². The highest BCUT2D eigenvalue weighted by Gasteiger charge is 2.36. The Labute approximate surface area is 214 Å². The van der Waals surface area contributed by atoms with Crippen LogP contribution in [0.1, 0.15) is 42.7 Å². The number of rotatable bonds is 10. The van der Waals surface area contributed by atoms with Crippen molar-refractivity contribution in [2.45, 2.75) is 49.0 Å². The monoisotopic (exact) mass is 531 g/mol. The minimum atomic E-state index is -3.82. The summed E-state index contributed by atoms with van der Waals surface area (Å²) in [5.74, 6) is -0.323. The Balaban J connectivity index is 1.55. The van der Waals surface area contributed by atoms with E-state index in [2.05, 4.69) is 11.3 Å². The summed E-state index contributed by atoms with van der Waals surface area (Å²) in [5.41, 5.74) is 1.83. The largest absolute Gasteiger partial charge is 0.342 e. The molecule has 2 heterocycles. The molecule has 1 amide bonds. The highest BCUT2D eigenvalue weighted by Crippen LogP contribution is 2.29. The summed E-state index contributed by atoms with van der Waals surface area (Å²) in [6, 6.07) is 16.0. The van der Waals surface area contributed by atoms with Crippen molar-refractivity contribution in [2.24, 2.45) is 0 Å². The van der Waals surface area contributed by atoms with Crippen molar-refractivity contribution in [3.8, 4) is 0 Å². The predicted octanol–water partition coefficient (Wildman–Crippen LogP) is 2.85. The first kappa shape index (κ1) is 26.5. The second kappa shape index (κ2) is 11.2. The number of hydrogen-bond donors (Lipinski definition) is 1. The fourth-order valence-corrected chi connectivity index (χ4v) is 7.20. The smallest absolute Gasteiger partial charge is 0.243 e. The zero-order valence-corrected chi connectivity index (χ0v) is 21.9. The molecule has 2 aromatic carbocycles. The lowest BCUT2D eigenvalue weighted by Gasteiger charge is -2.25. The van der Waals surface area contributed by atoms with Gasteiger partial charge in [0.1, 0.15) is 0 Å². The van der Waals surface area contributed by atoms with Crippen molar-refractivity contribution in [1.82, 2.24) is 13.9 Å². The van der Waals surface area contributed by atoms with Crippen LogP contribution in [-0.2, 0) is 31.3 Å². The molecule has 36 heavy (non-hydrogen) atoms. The molecule has 0 aromatic heterocycles. The minimum absolute atomic E-state index is 0.00481. The molecule has 0 aliphatic carbocycles. The summed E-state index contributed by atoms with van der Waals surface area (Å²) in [6.07, 6.45) is 3.77. The summed E-state index contributed by atoms with van der Waals surface area (Å²) in [7, 11) is -7.46. The first-order valence-corrected chi connectivity index (χ1v) is 15.3. The first-order chi connectivity index (χ1) is 17.2. The molecule has 0 saturated carbocycles. The van der Waals surface area contributed by atoms with E-state index in [4.69, 9.17) is 0 Å². The van der Waals surface area contributed by atoms with Crippen LogP contribution in [0.2, 0.25) is 0 Å². The second-order valence-corrected chi connectivity index (χ2v) is 12.9. The zero-order valence-electron chi connectivity index (χ0n) is 20.3. The van der Waals surface area contributed by atoms with E-state index < -0.39 is 32.0 Å². The van der Waals surface area contributed by atoms with Gasteiger partial charge in [0.2, 0.25) is 26.0 Å². The number of carbonyl (C=O) groups is 1. The second-order valence-electron chi connectivity index (χ2n) is 9.32. The minimum Gasteiger partial charge on any atom is -0.342 e. The van der Waals surface area contributed by atoms with Crippen LogP contribution in [0.5, 0.6) is 0 Å². The highest BCUT2D eigenvalue weighted by atomic mass is 32.2. The summed E-state index contributed by atoms with van der Waals surface area (Å²) in [5, 5.41) is 0.814. The molecular formula is C26H33N3O5S2. The van der Waals surface area contributed by atoms with E-state index in [9.17, 15) is 21.6 Å². The molecule has 8 nitrogen and oxygen atoms in total. The number of nitrogens with one attached hydrogen (secondary N) is 1. The molecule has 2 saturated heterocycles. The van der Waals surface area contributed by atoms with E-state index in [1.54, 1.807) is 24.3 Å². The van der Waals surface area contributed by atoms with Gasteiger partial charge in [-0.2, -0.15) is 4.31 Å². The van der Waals surface area contributed by atoms with Gasteiger partial charge in [0.05, 0.1) is 10.8 Å². The summed E-state index contributed by atoms with van der Waals surface area (Å²) < 4.78 is 54.1. The van der Waals surface area contributed by atoms with Crippen molar-refractivity contribution >= 4 is 26.0 Å².